The molecule has 0 saturated carbocycles. The number of hydrogen-bond acceptors (Lipinski definition) is 3. The topological polar surface area (TPSA) is 50.1 Å². The van der Waals surface area contributed by atoms with Gasteiger partial charge in [0.15, 0.2) is 11.6 Å². The predicted molar refractivity (Wildman–Crippen MR) is 84.9 cm³/mol. The second kappa shape index (κ2) is 7.19. The third kappa shape index (κ3) is 4.14. The van der Waals surface area contributed by atoms with Crippen LogP contribution in [0.25, 0.3) is 0 Å². The van der Waals surface area contributed by atoms with E-state index < -0.39 is 17.7 Å². The number of rotatable bonds is 6. The molecule has 6 heteroatoms. The van der Waals surface area contributed by atoms with E-state index in [9.17, 15) is 13.9 Å². The van der Waals surface area contributed by atoms with Crippen LogP contribution in [0.5, 0.6) is 0 Å². The van der Waals surface area contributed by atoms with Gasteiger partial charge < -0.3 is 10.4 Å². The van der Waals surface area contributed by atoms with Gasteiger partial charge in [-0.1, -0.05) is 6.07 Å². The monoisotopic (exact) mass is 323 g/mol. The fourth-order valence-electron chi connectivity index (χ4n) is 2.43. The number of hydrogen-bond donors (Lipinski definition) is 2. The number of aliphatic hydroxyl groups is 1. The molecule has 3 unspecified atom stereocenters. The first-order chi connectivity index (χ1) is 10.8. The summed E-state index contributed by atoms with van der Waals surface area (Å²) in [4.78, 5) is 0. The normalized spacial score (nSPS) is 15.7. The van der Waals surface area contributed by atoms with Gasteiger partial charge in [-0.25, -0.2) is 8.78 Å². The van der Waals surface area contributed by atoms with Gasteiger partial charge in [-0.15, -0.1) is 0 Å². The van der Waals surface area contributed by atoms with Gasteiger partial charge in [-0.05, 0) is 45.4 Å². The van der Waals surface area contributed by atoms with Crippen LogP contribution in [0, 0.1) is 11.6 Å². The first-order valence-corrected chi connectivity index (χ1v) is 7.72. The molecule has 126 valence electrons. The van der Waals surface area contributed by atoms with E-state index in [1.807, 2.05) is 31.6 Å². The fraction of sp³-hybridized carbons (Fsp3) is 0.471. The maximum atomic E-state index is 13.3. The number of aromatic nitrogens is 2. The van der Waals surface area contributed by atoms with Gasteiger partial charge in [-0.3, -0.25) is 4.68 Å². The third-order valence-electron chi connectivity index (χ3n) is 3.92. The van der Waals surface area contributed by atoms with Crippen LogP contribution < -0.4 is 5.32 Å². The Bertz CT molecular complexity index is 657. The summed E-state index contributed by atoms with van der Waals surface area (Å²) in [5.74, 6) is -1.88. The second-order valence-electron chi connectivity index (χ2n) is 6.14. The maximum Gasteiger partial charge on any atom is 0.159 e. The Morgan fingerprint density at radius 3 is 2.35 bits per heavy atom. The predicted octanol–water partition coefficient (Wildman–Crippen LogP) is 3.51. The second-order valence-corrected chi connectivity index (χ2v) is 6.14. The van der Waals surface area contributed by atoms with Crippen LogP contribution in [0.2, 0.25) is 0 Å². The Labute approximate surface area is 135 Å². The highest BCUT2D eigenvalue weighted by molar-refractivity contribution is 5.21. The summed E-state index contributed by atoms with van der Waals surface area (Å²) < 4.78 is 28.1. The highest BCUT2D eigenvalue weighted by Gasteiger charge is 2.20. The number of nitrogens with zero attached hydrogens (tertiary/aromatic N) is 2. The van der Waals surface area contributed by atoms with Crippen molar-refractivity contribution in [2.75, 3.05) is 0 Å². The van der Waals surface area contributed by atoms with Crippen molar-refractivity contribution in [3.8, 4) is 0 Å². The molecule has 1 aromatic heterocycles. The average molecular weight is 323 g/mol. The van der Waals surface area contributed by atoms with Crippen molar-refractivity contribution in [3.63, 3.8) is 0 Å². The van der Waals surface area contributed by atoms with Crippen LogP contribution >= 0.6 is 0 Å². The van der Waals surface area contributed by atoms with Gasteiger partial charge in [0.2, 0.25) is 0 Å². The molecule has 1 aromatic carbocycles. The van der Waals surface area contributed by atoms with Crippen LogP contribution in [0.3, 0.4) is 0 Å². The minimum atomic E-state index is -0.958. The van der Waals surface area contributed by atoms with Crippen molar-refractivity contribution in [2.24, 2.45) is 0 Å². The Morgan fingerprint density at radius 1 is 1.09 bits per heavy atom. The number of nitrogens with one attached hydrogen (secondary N) is 1. The molecular weight excluding hydrogens is 300 g/mol. The largest absolute Gasteiger partial charge is 0.387 e. The summed E-state index contributed by atoms with van der Waals surface area (Å²) in [6, 6.07) is 3.36. The van der Waals surface area contributed by atoms with Gasteiger partial charge in [0.1, 0.15) is 0 Å². The summed E-state index contributed by atoms with van der Waals surface area (Å²) in [6.45, 7) is 7.86. The van der Waals surface area contributed by atoms with Gasteiger partial charge >= 0.3 is 0 Å². The molecule has 0 spiro atoms. The van der Waals surface area contributed by atoms with Crippen molar-refractivity contribution in [1.29, 1.82) is 0 Å². The van der Waals surface area contributed by atoms with E-state index in [2.05, 4.69) is 10.4 Å². The highest BCUT2D eigenvalue weighted by atomic mass is 19.2. The summed E-state index contributed by atoms with van der Waals surface area (Å²) in [5, 5.41) is 17.9. The van der Waals surface area contributed by atoms with Crippen molar-refractivity contribution >= 4 is 0 Å². The zero-order chi connectivity index (χ0) is 17.1. The van der Waals surface area contributed by atoms with Crippen molar-refractivity contribution < 1.29 is 13.9 Å². The molecule has 0 aliphatic heterocycles. The van der Waals surface area contributed by atoms with Gasteiger partial charge in [0.05, 0.1) is 12.3 Å². The molecule has 0 amide bonds. The van der Waals surface area contributed by atoms with Crippen LogP contribution in [0.15, 0.2) is 30.6 Å². The molecule has 2 N–H and O–H groups in total. The molecule has 23 heavy (non-hydrogen) atoms. The van der Waals surface area contributed by atoms with E-state index >= 15 is 0 Å². The SMILES string of the molecule is CC(NC(C)C(O)c1ccc(F)c(F)c1)c1cnn(C(C)C)c1. The Balaban J connectivity index is 2.04. The molecule has 4 nitrogen and oxygen atoms in total. The van der Waals surface area contributed by atoms with E-state index in [4.69, 9.17) is 0 Å². The molecule has 1 heterocycles. The summed E-state index contributed by atoms with van der Waals surface area (Å²) in [5.41, 5.74) is 1.34. The highest BCUT2D eigenvalue weighted by Crippen LogP contribution is 2.22. The molecular formula is C17H23F2N3O. The Kier molecular flexibility index (Phi) is 5.49. The van der Waals surface area contributed by atoms with E-state index in [0.717, 1.165) is 17.7 Å². The molecule has 2 aromatic rings. The van der Waals surface area contributed by atoms with E-state index in [1.54, 1.807) is 13.1 Å². The summed E-state index contributed by atoms with van der Waals surface area (Å²) >= 11 is 0. The lowest BCUT2D eigenvalue weighted by molar-refractivity contribution is 0.130. The number of halogens is 2. The van der Waals surface area contributed by atoms with Crippen LogP contribution in [-0.4, -0.2) is 20.9 Å². The van der Waals surface area contributed by atoms with Crippen molar-refractivity contribution in [1.82, 2.24) is 15.1 Å². The molecule has 0 aliphatic carbocycles. The van der Waals surface area contributed by atoms with E-state index in [0.29, 0.717) is 5.56 Å². The van der Waals surface area contributed by atoms with Crippen LogP contribution in [0.1, 0.15) is 57.0 Å². The Hall–Kier alpha value is -1.79. The zero-order valence-corrected chi connectivity index (χ0v) is 13.8. The first kappa shape index (κ1) is 17.6. The average Bonchev–Trinajstić information content (AvgIpc) is 2.99. The molecule has 0 fully saturated rings. The Morgan fingerprint density at radius 2 is 1.78 bits per heavy atom. The molecule has 0 bridgehead atoms. The standard InChI is InChI=1S/C17H23F2N3O/c1-10(2)22-9-14(8-20-22)11(3)21-12(4)17(23)13-5-6-15(18)16(19)7-13/h5-12,17,21,23H,1-4H3. The summed E-state index contributed by atoms with van der Waals surface area (Å²) in [7, 11) is 0. The molecule has 0 saturated heterocycles. The summed E-state index contributed by atoms with van der Waals surface area (Å²) in [6.07, 6.45) is 2.81. The van der Waals surface area contributed by atoms with E-state index in [1.165, 1.54) is 6.07 Å². The minimum absolute atomic E-state index is 0.0301. The fourth-order valence-corrected chi connectivity index (χ4v) is 2.43. The number of aliphatic hydroxyl groups excluding tert-OH is 1. The van der Waals surface area contributed by atoms with Crippen LogP contribution in [0.4, 0.5) is 8.78 Å². The molecule has 2 rings (SSSR count). The zero-order valence-electron chi connectivity index (χ0n) is 13.8. The lowest BCUT2D eigenvalue weighted by Crippen LogP contribution is -2.34. The van der Waals surface area contributed by atoms with Crippen LogP contribution in [-0.2, 0) is 0 Å². The molecule has 3 atom stereocenters. The van der Waals surface area contributed by atoms with Gasteiger partial charge in [0.25, 0.3) is 0 Å². The number of benzene rings is 1. The molecule has 0 radical (unpaired) electrons. The quantitative estimate of drug-likeness (QED) is 0.855. The lowest BCUT2D eigenvalue weighted by atomic mass is 10.0. The maximum absolute atomic E-state index is 13.3. The molecule has 0 aliphatic rings. The third-order valence-corrected chi connectivity index (χ3v) is 3.92. The lowest BCUT2D eigenvalue weighted by Gasteiger charge is -2.24. The minimum Gasteiger partial charge on any atom is -0.387 e. The van der Waals surface area contributed by atoms with E-state index in [-0.39, 0.29) is 18.1 Å². The van der Waals surface area contributed by atoms with Gasteiger partial charge in [0, 0.05) is 29.9 Å². The van der Waals surface area contributed by atoms with Gasteiger partial charge in [-0.2, -0.15) is 5.10 Å². The smallest absolute Gasteiger partial charge is 0.159 e. The van der Waals surface area contributed by atoms with Crippen molar-refractivity contribution in [3.05, 3.63) is 53.4 Å². The first-order valence-electron chi connectivity index (χ1n) is 7.72. The van der Waals surface area contributed by atoms with Crippen molar-refractivity contribution in [2.45, 2.75) is 51.9 Å².